The molecule has 0 saturated carbocycles. The van der Waals surface area contributed by atoms with Gasteiger partial charge < -0.3 is 21.3 Å². The maximum absolute atomic E-state index is 12.3. The summed E-state index contributed by atoms with van der Waals surface area (Å²) in [6, 6.07) is 7.33. The standard InChI is InChI=1S/C24H24Cl2N10O12S4/c25-19-31-21(27-7-9-49-48-47-37)35-23(33-19)29-15-5-3-13(17(11-15)51(41,42)43)1-2-14-4-6-16(12-18(14)52(44,45)46)30-24-34-20(26)32-22(36-24)28-8-10-50(38,39)40/h1-6,11-12,37H,7-10H2,(H,38,39,40)(H,41,42,43)(H,44,45,46)(H2,27,29,31,33,35)(H2,28,30,32,34,36). The van der Waals surface area contributed by atoms with E-state index in [4.69, 9.17) is 33.0 Å². The normalized spacial score (nSPS) is 12.2. The monoisotopic (exact) mass is 842 g/mol. The first kappa shape index (κ1) is 40.7. The first-order valence-electron chi connectivity index (χ1n) is 13.7. The molecule has 22 nitrogen and oxygen atoms in total. The SMILES string of the molecule is O=S(=O)(O)CCNc1nc(Cl)nc(Nc2ccc(C=Cc3ccc(Nc4nc(Cl)nc(NCCSOOO)n4)cc3S(=O)(=O)O)c(S(=O)(=O)O)c2)n1. The number of hydrogen-bond donors (Lipinski definition) is 8. The zero-order chi connectivity index (χ0) is 38.1. The maximum Gasteiger partial charge on any atom is 0.295 e. The molecular formula is C24H24Cl2N10O12S4. The molecule has 0 radical (unpaired) electrons. The number of aromatic nitrogens is 6. The van der Waals surface area contributed by atoms with Crippen molar-refractivity contribution < 1.29 is 53.5 Å². The number of rotatable bonds is 18. The maximum atomic E-state index is 12.3. The van der Waals surface area contributed by atoms with E-state index in [-0.39, 0.29) is 70.0 Å². The average molecular weight is 844 g/mol. The van der Waals surface area contributed by atoms with Crippen LogP contribution in [0.2, 0.25) is 10.6 Å². The predicted octanol–water partition coefficient (Wildman–Crippen LogP) is 3.30. The van der Waals surface area contributed by atoms with Gasteiger partial charge in [0, 0.05) is 42.3 Å². The zero-order valence-corrected chi connectivity index (χ0v) is 30.4. The van der Waals surface area contributed by atoms with Crippen LogP contribution in [0.3, 0.4) is 0 Å². The van der Waals surface area contributed by atoms with Crippen molar-refractivity contribution in [2.75, 3.05) is 45.9 Å². The van der Waals surface area contributed by atoms with Crippen molar-refractivity contribution in [2.24, 2.45) is 0 Å². The third-order valence-electron chi connectivity index (χ3n) is 5.94. The Hall–Kier alpha value is -4.06. The number of benzene rings is 2. The van der Waals surface area contributed by atoms with Crippen LogP contribution in [0.1, 0.15) is 11.1 Å². The Labute approximate surface area is 308 Å². The Kier molecular flexibility index (Phi) is 13.8. The Morgan fingerprint density at radius 3 is 1.54 bits per heavy atom. The molecule has 0 bridgehead atoms. The molecule has 0 fully saturated rings. The second-order valence-corrected chi connectivity index (χ2v) is 15.5. The molecule has 2 heterocycles. The smallest absolute Gasteiger partial charge is 0.295 e. The van der Waals surface area contributed by atoms with Gasteiger partial charge in [-0.1, -0.05) is 29.3 Å². The van der Waals surface area contributed by atoms with Crippen molar-refractivity contribution in [3.8, 4) is 0 Å². The van der Waals surface area contributed by atoms with Crippen molar-refractivity contribution in [3.63, 3.8) is 0 Å². The van der Waals surface area contributed by atoms with E-state index in [1.165, 1.54) is 36.4 Å². The summed E-state index contributed by atoms with van der Waals surface area (Å²) in [6.07, 6.45) is 2.34. The van der Waals surface area contributed by atoms with E-state index in [1.807, 2.05) is 0 Å². The van der Waals surface area contributed by atoms with Crippen molar-refractivity contribution in [3.05, 3.63) is 58.1 Å². The Morgan fingerprint density at radius 2 is 1.12 bits per heavy atom. The number of anilines is 6. The van der Waals surface area contributed by atoms with E-state index in [0.29, 0.717) is 5.75 Å². The molecule has 0 amide bonds. The van der Waals surface area contributed by atoms with Crippen LogP contribution >= 0.6 is 35.2 Å². The first-order chi connectivity index (χ1) is 24.4. The molecule has 4 rings (SSSR count). The topological polar surface area (TPSA) is 327 Å². The minimum absolute atomic E-state index is 0.0333. The van der Waals surface area contributed by atoms with E-state index in [2.05, 4.69) is 60.5 Å². The van der Waals surface area contributed by atoms with E-state index in [0.717, 1.165) is 24.2 Å². The van der Waals surface area contributed by atoms with Crippen LogP contribution in [0.25, 0.3) is 12.2 Å². The molecule has 2 aromatic heterocycles. The quantitative estimate of drug-likeness (QED) is 0.0178. The number of nitrogens with zero attached hydrogens (tertiary/aromatic N) is 6. The molecule has 0 atom stereocenters. The summed E-state index contributed by atoms with van der Waals surface area (Å²) in [4.78, 5) is 22.3. The fourth-order valence-corrected chi connectivity index (χ4v) is 6.30. The van der Waals surface area contributed by atoms with Gasteiger partial charge >= 0.3 is 0 Å². The van der Waals surface area contributed by atoms with Crippen molar-refractivity contribution >= 4 is 113 Å². The summed E-state index contributed by atoms with van der Waals surface area (Å²) in [6.45, 7) is -0.0322. The highest BCUT2D eigenvalue weighted by Crippen LogP contribution is 2.28. The van der Waals surface area contributed by atoms with Gasteiger partial charge in [-0.2, -0.15) is 55.2 Å². The fourth-order valence-electron chi connectivity index (χ4n) is 3.91. The Balaban J connectivity index is 1.57. The molecule has 2 aromatic carbocycles. The lowest BCUT2D eigenvalue weighted by molar-refractivity contribution is -0.432. The van der Waals surface area contributed by atoms with Gasteiger partial charge in [-0.25, -0.2) is 5.26 Å². The minimum atomic E-state index is -4.89. The zero-order valence-electron chi connectivity index (χ0n) is 25.6. The summed E-state index contributed by atoms with van der Waals surface area (Å²) in [5.41, 5.74) is -0.0724. The molecule has 280 valence electrons. The van der Waals surface area contributed by atoms with Crippen molar-refractivity contribution in [1.29, 1.82) is 0 Å². The van der Waals surface area contributed by atoms with Gasteiger partial charge in [0.05, 0.1) is 5.75 Å². The van der Waals surface area contributed by atoms with Gasteiger partial charge in [0.25, 0.3) is 30.4 Å². The lowest BCUT2D eigenvalue weighted by Gasteiger charge is -2.11. The van der Waals surface area contributed by atoms with Gasteiger partial charge in [-0.15, -0.1) is 4.33 Å². The molecule has 0 aliphatic rings. The largest absolute Gasteiger partial charge is 0.353 e. The molecule has 4 aromatic rings. The van der Waals surface area contributed by atoms with E-state index in [1.54, 1.807) is 0 Å². The fraction of sp³-hybridized carbons (Fsp3) is 0.167. The van der Waals surface area contributed by atoms with Gasteiger partial charge in [-0.3, -0.25) is 13.7 Å². The molecular weight excluding hydrogens is 819 g/mol. The lowest BCUT2D eigenvalue weighted by Crippen LogP contribution is -2.16. The van der Waals surface area contributed by atoms with E-state index in [9.17, 15) is 34.4 Å². The molecule has 0 unspecified atom stereocenters. The number of nitrogens with one attached hydrogen (secondary N) is 4. The number of halogens is 2. The summed E-state index contributed by atoms with van der Waals surface area (Å²) in [5, 5.41) is 21.8. The van der Waals surface area contributed by atoms with Crippen LogP contribution in [0.4, 0.5) is 35.2 Å². The Bertz CT molecular complexity index is 2290. The summed E-state index contributed by atoms with van der Waals surface area (Å²) in [7, 11) is -14.0. The minimum Gasteiger partial charge on any atom is -0.353 e. The van der Waals surface area contributed by atoms with Gasteiger partial charge in [0.1, 0.15) is 9.79 Å². The highest BCUT2D eigenvalue weighted by Gasteiger charge is 2.19. The van der Waals surface area contributed by atoms with Crippen LogP contribution < -0.4 is 21.3 Å². The second kappa shape index (κ2) is 17.6. The molecule has 0 spiro atoms. The van der Waals surface area contributed by atoms with Gasteiger partial charge in [-0.05, 0) is 58.6 Å². The molecule has 0 saturated heterocycles. The van der Waals surface area contributed by atoms with Gasteiger partial charge in [0.15, 0.2) is 0 Å². The van der Waals surface area contributed by atoms with Crippen LogP contribution in [-0.2, 0) is 39.7 Å². The van der Waals surface area contributed by atoms with E-state index < -0.39 is 45.9 Å². The van der Waals surface area contributed by atoms with Crippen LogP contribution in [-0.4, -0.2) is 98.7 Å². The second-order valence-electron chi connectivity index (χ2n) is 9.65. The molecule has 8 N–H and O–H groups in total. The van der Waals surface area contributed by atoms with Crippen molar-refractivity contribution in [1.82, 2.24) is 29.9 Å². The molecule has 0 aliphatic heterocycles. The van der Waals surface area contributed by atoms with Gasteiger partial charge in [0.2, 0.25) is 34.4 Å². The third kappa shape index (κ3) is 12.9. The highest BCUT2D eigenvalue weighted by molar-refractivity contribution is 7.94. The predicted molar refractivity (Wildman–Crippen MR) is 188 cm³/mol. The van der Waals surface area contributed by atoms with Crippen molar-refractivity contribution in [2.45, 2.75) is 9.79 Å². The van der Waals surface area contributed by atoms with E-state index >= 15 is 0 Å². The highest BCUT2D eigenvalue weighted by atomic mass is 35.5. The molecule has 28 heteroatoms. The summed E-state index contributed by atoms with van der Waals surface area (Å²) >= 11 is 12.7. The first-order valence-corrected chi connectivity index (χ1v) is 19.9. The van der Waals surface area contributed by atoms with Crippen LogP contribution in [0.15, 0.2) is 46.2 Å². The average Bonchev–Trinajstić information content (AvgIpc) is 3.02. The molecule has 0 aliphatic carbocycles. The Morgan fingerprint density at radius 1 is 0.673 bits per heavy atom. The molecule has 52 heavy (non-hydrogen) atoms. The summed E-state index contributed by atoms with van der Waals surface area (Å²) in [5.74, 6) is -0.822. The van der Waals surface area contributed by atoms with Crippen LogP contribution in [0, 0.1) is 0 Å². The third-order valence-corrected chi connectivity index (χ3v) is 9.35. The summed E-state index contributed by atoms with van der Waals surface area (Å²) < 4.78 is 104. The lowest BCUT2D eigenvalue weighted by atomic mass is 10.1. The number of hydrogen-bond acceptors (Lipinski definition) is 20. The van der Waals surface area contributed by atoms with Crippen LogP contribution in [0.5, 0.6) is 0 Å².